The van der Waals surface area contributed by atoms with Gasteiger partial charge in [-0.15, -0.1) is 5.10 Å². The van der Waals surface area contributed by atoms with E-state index in [0.717, 1.165) is 5.69 Å². The molecule has 0 aliphatic rings. The maximum Gasteiger partial charge on any atom is 0.150 e. The Bertz CT molecular complexity index is 428. The van der Waals surface area contributed by atoms with Crippen LogP contribution < -0.4 is 0 Å². The predicted molar refractivity (Wildman–Crippen MR) is 64.4 cm³/mol. The number of hydrogen-bond acceptors (Lipinski definition) is 5. The van der Waals surface area contributed by atoms with Crippen LogP contribution >= 0.6 is 0 Å². The van der Waals surface area contributed by atoms with E-state index in [0.29, 0.717) is 25.8 Å². The smallest absolute Gasteiger partial charge is 0.150 e. The molecule has 98 valence electrons. The number of aromatic nitrogens is 3. The summed E-state index contributed by atoms with van der Waals surface area (Å²) in [6.45, 7) is 2.35. The van der Waals surface area contributed by atoms with E-state index in [1.807, 2.05) is 0 Å². The van der Waals surface area contributed by atoms with Crippen molar-refractivity contribution in [3.63, 3.8) is 0 Å². The highest BCUT2D eigenvalue weighted by Crippen LogP contribution is 2.00. The minimum absolute atomic E-state index is 0.140. The standard InChI is InChI=1S/C10H19N3O3S/c1-2-17(15,16)8-4-6-13-9-10(11-12-13)5-3-7-14/h9,14H,2-8H2,1H3. The summed E-state index contributed by atoms with van der Waals surface area (Å²) in [5, 5.41) is 16.5. The van der Waals surface area contributed by atoms with E-state index in [1.165, 1.54) is 0 Å². The molecule has 1 aromatic rings. The third-order valence-corrected chi connectivity index (χ3v) is 4.25. The van der Waals surface area contributed by atoms with Gasteiger partial charge in [-0.1, -0.05) is 12.1 Å². The predicted octanol–water partition coefficient (Wildman–Crippen LogP) is 0.0278. The van der Waals surface area contributed by atoms with Crippen LogP contribution in [0.2, 0.25) is 0 Å². The van der Waals surface area contributed by atoms with Gasteiger partial charge in [-0.25, -0.2) is 8.42 Å². The van der Waals surface area contributed by atoms with Crippen molar-refractivity contribution in [2.45, 2.75) is 32.7 Å². The maximum absolute atomic E-state index is 11.3. The van der Waals surface area contributed by atoms with Crippen LogP contribution in [0.4, 0.5) is 0 Å². The van der Waals surface area contributed by atoms with Crippen LogP contribution in [0.5, 0.6) is 0 Å². The molecule has 0 atom stereocenters. The number of aryl methyl sites for hydroxylation is 2. The topological polar surface area (TPSA) is 85.1 Å². The lowest BCUT2D eigenvalue weighted by atomic mass is 10.3. The molecule has 0 radical (unpaired) electrons. The molecule has 0 saturated heterocycles. The number of aliphatic hydroxyl groups is 1. The van der Waals surface area contributed by atoms with E-state index in [-0.39, 0.29) is 18.1 Å². The fourth-order valence-corrected chi connectivity index (χ4v) is 2.27. The van der Waals surface area contributed by atoms with Crippen molar-refractivity contribution in [2.24, 2.45) is 0 Å². The van der Waals surface area contributed by atoms with Gasteiger partial charge in [-0.05, 0) is 19.3 Å². The Balaban J connectivity index is 2.35. The fourth-order valence-electron chi connectivity index (χ4n) is 1.41. The summed E-state index contributed by atoms with van der Waals surface area (Å²) in [7, 11) is -2.89. The van der Waals surface area contributed by atoms with E-state index in [1.54, 1.807) is 17.8 Å². The highest BCUT2D eigenvalue weighted by Gasteiger charge is 2.07. The van der Waals surface area contributed by atoms with Gasteiger partial charge in [0.25, 0.3) is 0 Å². The van der Waals surface area contributed by atoms with Crippen molar-refractivity contribution in [1.29, 1.82) is 0 Å². The van der Waals surface area contributed by atoms with Crippen LogP contribution in [0.1, 0.15) is 25.5 Å². The average molecular weight is 261 g/mol. The Kier molecular flexibility index (Phi) is 5.57. The zero-order valence-corrected chi connectivity index (χ0v) is 10.9. The zero-order valence-electron chi connectivity index (χ0n) is 10.0. The normalized spacial score (nSPS) is 11.9. The Labute approximate surface area is 102 Å². The van der Waals surface area contributed by atoms with Crippen LogP contribution in [-0.4, -0.2) is 46.6 Å². The van der Waals surface area contributed by atoms with Gasteiger partial charge in [0.1, 0.15) is 9.84 Å². The molecule has 17 heavy (non-hydrogen) atoms. The molecule has 1 rings (SSSR count). The summed E-state index contributed by atoms with van der Waals surface area (Å²) in [5.41, 5.74) is 0.831. The first-order valence-corrected chi connectivity index (χ1v) is 7.60. The van der Waals surface area contributed by atoms with Crippen molar-refractivity contribution in [3.8, 4) is 0 Å². The summed E-state index contributed by atoms with van der Waals surface area (Å²) in [4.78, 5) is 0. The van der Waals surface area contributed by atoms with Gasteiger partial charge in [0.05, 0.1) is 11.4 Å². The van der Waals surface area contributed by atoms with E-state index >= 15 is 0 Å². The van der Waals surface area contributed by atoms with Gasteiger partial charge in [0.2, 0.25) is 0 Å². The fraction of sp³-hybridized carbons (Fsp3) is 0.800. The molecule has 0 saturated carbocycles. The molecule has 0 aliphatic carbocycles. The van der Waals surface area contributed by atoms with Crippen molar-refractivity contribution in [1.82, 2.24) is 15.0 Å². The van der Waals surface area contributed by atoms with Gasteiger partial charge in [0, 0.05) is 25.1 Å². The SMILES string of the molecule is CCS(=O)(=O)CCCn1cc(CCCO)nn1. The second kappa shape index (κ2) is 6.70. The molecule has 0 amide bonds. The molecule has 0 bridgehead atoms. The Morgan fingerprint density at radius 1 is 1.41 bits per heavy atom. The van der Waals surface area contributed by atoms with Crippen LogP contribution in [0.15, 0.2) is 6.20 Å². The molecule has 0 unspecified atom stereocenters. The van der Waals surface area contributed by atoms with Gasteiger partial charge in [-0.3, -0.25) is 4.68 Å². The molecular formula is C10H19N3O3S. The van der Waals surface area contributed by atoms with Crippen LogP contribution in [0.25, 0.3) is 0 Å². The first-order chi connectivity index (χ1) is 8.07. The number of hydrogen-bond donors (Lipinski definition) is 1. The highest BCUT2D eigenvalue weighted by atomic mass is 32.2. The van der Waals surface area contributed by atoms with E-state index < -0.39 is 9.84 Å². The second-order valence-electron chi connectivity index (χ2n) is 3.89. The number of rotatable bonds is 8. The lowest BCUT2D eigenvalue weighted by Crippen LogP contribution is -2.11. The quantitative estimate of drug-likeness (QED) is 0.713. The summed E-state index contributed by atoms with van der Waals surface area (Å²) >= 11 is 0. The molecule has 1 aromatic heterocycles. The first-order valence-electron chi connectivity index (χ1n) is 5.77. The summed E-state index contributed by atoms with van der Waals surface area (Å²) in [6.07, 6.45) is 3.72. The van der Waals surface area contributed by atoms with Gasteiger partial charge < -0.3 is 5.11 Å². The number of nitrogens with zero attached hydrogens (tertiary/aromatic N) is 3. The minimum Gasteiger partial charge on any atom is -0.396 e. The first kappa shape index (κ1) is 14.1. The largest absolute Gasteiger partial charge is 0.396 e. The average Bonchev–Trinajstić information content (AvgIpc) is 2.74. The molecule has 0 fully saturated rings. The van der Waals surface area contributed by atoms with Crippen LogP contribution in [0, 0.1) is 0 Å². The molecular weight excluding hydrogens is 242 g/mol. The van der Waals surface area contributed by atoms with Gasteiger partial charge in [0.15, 0.2) is 0 Å². The van der Waals surface area contributed by atoms with E-state index in [2.05, 4.69) is 10.3 Å². The highest BCUT2D eigenvalue weighted by molar-refractivity contribution is 7.91. The van der Waals surface area contributed by atoms with Crippen LogP contribution in [-0.2, 0) is 22.8 Å². The molecule has 0 aliphatic heterocycles. The Morgan fingerprint density at radius 2 is 2.18 bits per heavy atom. The third-order valence-electron chi connectivity index (χ3n) is 2.46. The summed E-state index contributed by atoms with van der Waals surface area (Å²) in [5.74, 6) is 0.376. The molecule has 7 heteroatoms. The Hall–Kier alpha value is -0.950. The zero-order chi connectivity index (χ0) is 12.7. The molecule has 0 aromatic carbocycles. The monoisotopic (exact) mass is 261 g/mol. The van der Waals surface area contributed by atoms with Crippen LogP contribution in [0.3, 0.4) is 0 Å². The van der Waals surface area contributed by atoms with Crippen molar-refractivity contribution in [2.75, 3.05) is 18.1 Å². The van der Waals surface area contributed by atoms with Crippen molar-refractivity contribution in [3.05, 3.63) is 11.9 Å². The van der Waals surface area contributed by atoms with Crippen molar-refractivity contribution < 1.29 is 13.5 Å². The Morgan fingerprint density at radius 3 is 2.82 bits per heavy atom. The molecule has 1 heterocycles. The molecule has 6 nitrogen and oxygen atoms in total. The molecule has 0 spiro atoms. The lowest BCUT2D eigenvalue weighted by molar-refractivity contribution is 0.288. The lowest BCUT2D eigenvalue weighted by Gasteiger charge is -2.00. The van der Waals surface area contributed by atoms with E-state index in [9.17, 15) is 8.42 Å². The van der Waals surface area contributed by atoms with Gasteiger partial charge in [-0.2, -0.15) is 0 Å². The number of aliphatic hydroxyl groups excluding tert-OH is 1. The van der Waals surface area contributed by atoms with Gasteiger partial charge >= 0.3 is 0 Å². The molecule has 1 N–H and O–H groups in total. The summed E-state index contributed by atoms with van der Waals surface area (Å²) in [6, 6.07) is 0. The second-order valence-corrected chi connectivity index (χ2v) is 6.36. The minimum atomic E-state index is -2.89. The third kappa shape index (κ3) is 5.27. The maximum atomic E-state index is 11.3. The van der Waals surface area contributed by atoms with E-state index in [4.69, 9.17) is 5.11 Å². The van der Waals surface area contributed by atoms with Crippen molar-refractivity contribution >= 4 is 9.84 Å². The number of sulfone groups is 1. The summed E-state index contributed by atoms with van der Waals surface area (Å²) < 4.78 is 24.2.